The molecular formula is C19H21Cl2NO2. The molecule has 0 aliphatic heterocycles. The van der Waals surface area contributed by atoms with Gasteiger partial charge in [0.25, 0.3) is 5.91 Å². The van der Waals surface area contributed by atoms with Crippen molar-refractivity contribution in [1.29, 1.82) is 0 Å². The highest BCUT2D eigenvalue weighted by Gasteiger charge is 2.19. The minimum Gasteiger partial charge on any atom is -0.481 e. The van der Waals surface area contributed by atoms with Crippen molar-refractivity contribution in [2.75, 3.05) is 5.32 Å². The van der Waals surface area contributed by atoms with Crippen LogP contribution in [0.4, 0.5) is 5.69 Å². The molecule has 128 valence electrons. The third-order valence-electron chi connectivity index (χ3n) is 3.92. The lowest BCUT2D eigenvalue weighted by molar-refractivity contribution is -0.122. The van der Waals surface area contributed by atoms with Crippen molar-refractivity contribution in [3.63, 3.8) is 0 Å². The second kappa shape index (κ2) is 8.41. The Bertz CT molecular complexity index is 718. The molecule has 0 saturated carbocycles. The van der Waals surface area contributed by atoms with Crippen LogP contribution in [-0.4, -0.2) is 12.0 Å². The largest absolute Gasteiger partial charge is 0.481 e. The summed E-state index contributed by atoms with van der Waals surface area (Å²) in [6, 6.07) is 12.7. The first kappa shape index (κ1) is 18.6. The number of ether oxygens (including phenoxy) is 1. The maximum atomic E-state index is 12.4. The highest BCUT2D eigenvalue weighted by molar-refractivity contribution is 6.35. The summed E-state index contributed by atoms with van der Waals surface area (Å²) >= 11 is 12.0. The second-order valence-corrected chi connectivity index (χ2v) is 6.56. The van der Waals surface area contributed by atoms with Crippen LogP contribution in [0, 0.1) is 0 Å². The average Bonchev–Trinajstić information content (AvgIpc) is 2.57. The number of carbonyl (C=O) groups excluding carboxylic acids is 1. The third kappa shape index (κ3) is 4.65. The molecule has 0 bridgehead atoms. The SMILES string of the molecule is CCC(C)c1ccccc1OC(C)C(=O)Nc1cc(Cl)ccc1Cl. The summed E-state index contributed by atoms with van der Waals surface area (Å²) in [5.41, 5.74) is 1.57. The van der Waals surface area contributed by atoms with Crippen molar-refractivity contribution in [1.82, 2.24) is 0 Å². The van der Waals surface area contributed by atoms with Gasteiger partial charge in [-0.3, -0.25) is 4.79 Å². The van der Waals surface area contributed by atoms with Crippen molar-refractivity contribution in [3.8, 4) is 5.75 Å². The summed E-state index contributed by atoms with van der Waals surface area (Å²) in [6.45, 7) is 5.97. The number of anilines is 1. The Morgan fingerprint density at radius 2 is 1.88 bits per heavy atom. The molecule has 0 radical (unpaired) electrons. The van der Waals surface area contributed by atoms with Gasteiger partial charge in [-0.2, -0.15) is 0 Å². The number of para-hydroxylation sites is 1. The van der Waals surface area contributed by atoms with E-state index in [0.29, 0.717) is 21.7 Å². The van der Waals surface area contributed by atoms with E-state index in [1.54, 1.807) is 25.1 Å². The molecule has 3 nitrogen and oxygen atoms in total. The fraction of sp³-hybridized carbons (Fsp3) is 0.316. The molecular weight excluding hydrogens is 345 g/mol. The number of rotatable bonds is 6. The molecule has 2 unspecified atom stereocenters. The van der Waals surface area contributed by atoms with Crippen molar-refractivity contribution >= 4 is 34.8 Å². The van der Waals surface area contributed by atoms with E-state index in [0.717, 1.165) is 17.7 Å². The van der Waals surface area contributed by atoms with Crippen molar-refractivity contribution in [3.05, 3.63) is 58.1 Å². The Morgan fingerprint density at radius 3 is 2.58 bits per heavy atom. The zero-order valence-corrected chi connectivity index (χ0v) is 15.5. The summed E-state index contributed by atoms with van der Waals surface area (Å²) in [5.74, 6) is 0.809. The molecule has 5 heteroatoms. The fourth-order valence-corrected chi connectivity index (χ4v) is 2.62. The van der Waals surface area contributed by atoms with Gasteiger partial charge in [0.2, 0.25) is 0 Å². The molecule has 0 aliphatic carbocycles. The number of amides is 1. The number of benzene rings is 2. The molecule has 0 aliphatic rings. The van der Waals surface area contributed by atoms with Crippen LogP contribution in [0.15, 0.2) is 42.5 Å². The molecule has 1 amide bonds. The molecule has 0 heterocycles. The van der Waals surface area contributed by atoms with Crippen LogP contribution in [0.3, 0.4) is 0 Å². The standard InChI is InChI=1S/C19H21Cl2NO2/c1-4-12(2)15-7-5-6-8-18(15)24-13(3)19(23)22-17-11-14(20)9-10-16(17)21/h5-13H,4H2,1-3H3,(H,22,23). The van der Waals surface area contributed by atoms with Crippen LogP contribution in [0.1, 0.15) is 38.7 Å². The van der Waals surface area contributed by atoms with Gasteiger partial charge in [0.15, 0.2) is 6.10 Å². The molecule has 0 fully saturated rings. The normalized spacial score (nSPS) is 13.2. The lowest BCUT2D eigenvalue weighted by atomic mass is 9.98. The lowest BCUT2D eigenvalue weighted by Gasteiger charge is -2.20. The van der Waals surface area contributed by atoms with Crippen LogP contribution in [0.5, 0.6) is 5.75 Å². The molecule has 0 spiro atoms. The minimum atomic E-state index is -0.662. The van der Waals surface area contributed by atoms with E-state index >= 15 is 0 Å². The van der Waals surface area contributed by atoms with E-state index in [-0.39, 0.29) is 5.91 Å². The highest BCUT2D eigenvalue weighted by atomic mass is 35.5. The Morgan fingerprint density at radius 1 is 1.17 bits per heavy atom. The number of hydrogen-bond acceptors (Lipinski definition) is 2. The molecule has 2 rings (SSSR count). The Kier molecular flexibility index (Phi) is 6.52. The van der Waals surface area contributed by atoms with Gasteiger partial charge in [0.1, 0.15) is 5.75 Å². The van der Waals surface area contributed by atoms with Gasteiger partial charge in [0.05, 0.1) is 10.7 Å². The van der Waals surface area contributed by atoms with Crippen LogP contribution in [0.2, 0.25) is 10.0 Å². The van der Waals surface area contributed by atoms with E-state index in [2.05, 4.69) is 19.2 Å². The van der Waals surface area contributed by atoms with Crippen LogP contribution < -0.4 is 10.1 Å². The Labute approximate surface area is 152 Å². The van der Waals surface area contributed by atoms with Crippen molar-refractivity contribution in [2.24, 2.45) is 0 Å². The molecule has 24 heavy (non-hydrogen) atoms. The van der Waals surface area contributed by atoms with Crippen molar-refractivity contribution < 1.29 is 9.53 Å². The van der Waals surface area contributed by atoms with Gasteiger partial charge < -0.3 is 10.1 Å². The topological polar surface area (TPSA) is 38.3 Å². The Balaban J connectivity index is 2.11. The van der Waals surface area contributed by atoms with E-state index in [9.17, 15) is 4.79 Å². The summed E-state index contributed by atoms with van der Waals surface area (Å²) in [5, 5.41) is 3.69. The van der Waals surface area contributed by atoms with E-state index in [4.69, 9.17) is 27.9 Å². The predicted molar refractivity (Wildman–Crippen MR) is 100 cm³/mol. The average molecular weight is 366 g/mol. The van der Waals surface area contributed by atoms with Crippen LogP contribution in [-0.2, 0) is 4.79 Å². The number of carbonyl (C=O) groups is 1. The summed E-state index contributed by atoms with van der Waals surface area (Å²) in [6.07, 6.45) is 0.337. The zero-order valence-electron chi connectivity index (χ0n) is 14.0. The predicted octanol–water partition coefficient (Wildman–Crippen LogP) is 5.91. The summed E-state index contributed by atoms with van der Waals surface area (Å²) in [4.78, 5) is 12.4. The molecule has 2 atom stereocenters. The minimum absolute atomic E-state index is 0.280. The van der Waals surface area contributed by atoms with Crippen molar-refractivity contribution in [2.45, 2.75) is 39.2 Å². The maximum Gasteiger partial charge on any atom is 0.265 e. The number of halogens is 2. The van der Waals surface area contributed by atoms with Gasteiger partial charge in [-0.15, -0.1) is 0 Å². The van der Waals surface area contributed by atoms with Crippen LogP contribution in [0.25, 0.3) is 0 Å². The molecule has 1 N–H and O–H groups in total. The van der Waals surface area contributed by atoms with Gasteiger partial charge in [-0.25, -0.2) is 0 Å². The first-order chi connectivity index (χ1) is 11.4. The third-order valence-corrected chi connectivity index (χ3v) is 4.49. The first-order valence-corrected chi connectivity index (χ1v) is 8.69. The Hall–Kier alpha value is -1.71. The number of hydrogen-bond donors (Lipinski definition) is 1. The zero-order chi connectivity index (χ0) is 17.7. The maximum absolute atomic E-state index is 12.4. The monoisotopic (exact) mass is 365 g/mol. The molecule has 2 aromatic rings. The van der Waals surface area contributed by atoms with Crippen LogP contribution >= 0.6 is 23.2 Å². The van der Waals surface area contributed by atoms with E-state index < -0.39 is 6.10 Å². The highest BCUT2D eigenvalue weighted by Crippen LogP contribution is 2.30. The second-order valence-electron chi connectivity index (χ2n) is 5.72. The summed E-state index contributed by atoms with van der Waals surface area (Å²) < 4.78 is 5.88. The number of nitrogens with one attached hydrogen (secondary N) is 1. The molecule has 2 aromatic carbocycles. The van der Waals surface area contributed by atoms with Gasteiger partial charge in [0, 0.05) is 5.02 Å². The molecule has 0 saturated heterocycles. The van der Waals surface area contributed by atoms with Gasteiger partial charge in [-0.1, -0.05) is 55.2 Å². The lowest BCUT2D eigenvalue weighted by Crippen LogP contribution is -2.30. The van der Waals surface area contributed by atoms with E-state index in [1.807, 2.05) is 24.3 Å². The quantitative estimate of drug-likeness (QED) is 0.690. The summed E-state index contributed by atoms with van der Waals surface area (Å²) in [7, 11) is 0. The van der Waals surface area contributed by atoms with Gasteiger partial charge in [-0.05, 0) is 49.1 Å². The molecule has 0 aromatic heterocycles. The smallest absolute Gasteiger partial charge is 0.265 e. The van der Waals surface area contributed by atoms with E-state index in [1.165, 1.54) is 0 Å². The van der Waals surface area contributed by atoms with Gasteiger partial charge >= 0.3 is 0 Å². The fourth-order valence-electron chi connectivity index (χ4n) is 2.29. The first-order valence-electron chi connectivity index (χ1n) is 7.93.